The summed E-state index contributed by atoms with van der Waals surface area (Å²) in [5, 5.41) is 3.29. The standard InChI is InChI=1S/C14H20FNO/c1-9-7-10(5-6-11(9)15)17-13-8-12(16-4)14(13,2)3/h5-7,12-13,16H,8H2,1-4H3. The fourth-order valence-corrected chi connectivity index (χ4v) is 2.43. The van der Waals surface area contributed by atoms with Crippen molar-refractivity contribution in [3.8, 4) is 5.75 Å². The van der Waals surface area contributed by atoms with E-state index >= 15 is 0 Å². The molecule has 0 saturated heterocycles. The molecule has 2 nitrogen and oxygen atoms in total. The second-order valence-corrected chi connectivity index (χ2v) is 5.42. The van der Waals surface area contributed by atoms with Crippen LogP contribution in [0.25, 0.3) is 0 Å². The van der Waals surface area contributed by atoms with Gasteiger partial charge in [0, 0.05) is 17.9 Å². The minimum atomic E-state index is -0.182. The summed E-state index contributed by atoms with van der Waals surface area (Å²) >= 11 is 0. The molecule has 2 unspecified atom stereocenters. The van der Waals surface area contributed by atoms with Crippen LogP contribution < -0.4 is 10.1 Å². The number of hydrogen-bond donors (Lipinski definition) is 1. The fraction of sp³-hybridized carbons (Fsp3) is 0.571. The Balaban J connectivity index is 2.05. The van der Waals surface area contributed by atoms with Gasteiger partial charge in [0.2, 0.25) is 0 Å². The molecule has 0 aromatic heterocycles. The highest BCUT2D eigenvalue weighted by atomic mass is 19.1. The predicted octanol–water partition coefficient (Wildman–Crippen LogP) is 2.90. The topological polar surface area (TPSA) is 21.3 Å². The van der Waals surface area contributed by atoms with Gasteiger partial charge in [-0.25, -0.2) is 4.39 Å². The summed E-state index contributed by atoms with van der Waals surface area (Å²) in [5.74, 6) is 0.579. The molecule has 1 aliphatic carbocycles. The van der Waals surface area contributed by atoms with Gasteiger partial charge in [-0.1, -0.05) is 13.8 Å². The van der Waals surface area contributed by atoms with Crippen molar-refractivity contribution in [2.75, 3.05) is 7.05 Å². The average molecular weight is 237 g/mol. The molecule has 0 heterocycles. The van der Waals surface area contributed by atoms with Gasteiger partial charge < -0.3 is 10.1 Å². The molecule has 2 rings (SSSR count). The highest BCUT2D eigenvalue weighted by Gasteiger charge is 2.49. The zero-order valence-electron chi connectivity index (χ0n) is 10.9. The van der Waals surface area contributed by atoms with Gasteiger partial charge in [-0.3, -0.25) is 0 Å². The molecule has 1 fully saturated rings. The molecule has 0 radical (unpaired) electrons. The smallest absolute Gasteiger partial charge is 0.126 e. The van der Waals surface area contributed by atoms with Crippen LogP contribution in [0.2, 0.25) is 0 Å². The van der Waals surface area contributed by atoms with Crippen LogP contribution in [0.15, 0.2) is 18.2 Å². The SMILES string of the molecule is CNC1CC(Oc2ccc(F)c(C)c2)C1(C)C. The van der Waals surface area contributed by atoms with Gasteiger partial charge in [-0.2, -0.15) is 0 Å². The number of nitrogens with one attached hydrogen (secondary N) is 1. The Morgan fingerprint density at radius 1 is 1.41 bits per heavy atom. The Bertz CT molecular complexity index is 417. The molecule has 17 heavy (non-hydrogen) atoms. The van der Waals surface area contributed by atoms with Crippen LogP contribution in [0.1, 0.15) is 25.8 Å². The third-order valence-corrected chi connectivity index (χ3v) is 3.93. The fourth-order valence-electron chi connectivity index (χ4n) is 2.43. The van der Waals surface area contributed by atoms with E-state index in [2.05, 4.69) is 19.2 Å². The Labute approximate surface area is 102 Å². The van der Waals surface area contributed by atoms with Crippen LogP contribution in [0, 0.1) is 18.2 Å². The van der Waals surface area contributed by atoms with Gasteiger partial charge in [0.15, 0.2) is 0 Å². The maximum absolute atomic E-state index is 13.1. The molecule has 1 N–H and O–H groups in total. The zero-order valence-corrected chi connectivity index (χ0v) is 10.9. The first-order valence-electron chi connectivity index (χ1n) is 6.05. The van der Waals surface area contributed by atoms with E-state index in [1.54, 1.807) is 19.1 Å². The minimum Gasteiger partial charge on any atom is -0.490 e. The summed E-state index contributed by atoms with van der Waals surface area (Å²) in [6.45, 7) is 6.14. The van der Waals surface area contributed by atoms with Gasteiger partial charge in [-0.15, -0.1) is 0 Å². The first-order valence-corrected chi connectivity index (χ1v) is 6.05. The summed E-state index contributed by atoms with van der Waals surface area (Å²) < 4.78 is 19.1. The van der Waals surface area contributed by atoms with Crippen molar-refractivity contribution in [2.45, 2.75) is 39.3 Å². The molecule has 1 aromatic carbocycles. The van der Waals surface area contributed by atoms with Crippen LogP contribution in [-0.4, -0.2) is 19.2 Å². The maximum atomic E-state index is 13.1. The van der Waals surface area contributed by atoms with Crippen LogP contribution in [-0.2, 0) is 0 Å². The average Bonchev–Trinajstić information content (AvgIpc) is 2.28. The molecule has 1 aliphatic rings. The molecule has 1 aromatic rings. The Morgan fingerprint density at radius 2 is 2.12 bits per heavy atom. The van der Waals surface area contributed by atoms with Crippen molar-refractivity contribution in [3.63, 3.8) is 0 Å². The maximum Gasteiger partial charge on any atom is 0.126 e. The van der Waals surface area contributed by atoms with E-state index in [4.69, 9.17) is 4.74 Å². The lowest BCUT2D eigenvalue weighted by Gasteiger charge is -2.51. The van der Waals surface area contributed by atoms with E-state index in [0.29, 0.717) is 11.6 Å². The van der Waals surface area contributed by atoms with Gasteiger partial charge in [-0.05, 0) is 37.7 Å². The van der Waals surface area contributed by atoms with Crippen molar-refractivity contribution in [2.24, 2.45) is 5.41 Å². The minimum absolute atomic E-state index is 0.122. The van der Waals surface area contributed by atoms with Crippen molar-refractivity contribution >= 4 is 0 Å². The summed E-state index contributed by atoms with van der Waals surface area (Å²) in [4.78, 5) is 0. The predicted molar refractivity (Wildman–Crippen MR) is 66.8 cm³/mol. The molecule has 0 spiro atoms. The van der Waals surface area contributed by atoms with E-state index in [1.807, 2.05) is 7.05 Å². The molecule has 3 heteroatoms. The summed E-state index contributed by atoms with van der Waals surface area (Å²) in [7, 11) is 1.98. The molecular formula is C14H20FNO. The highest BCUT2D eigenvalue weighted by Crippen LogP contribution is 2.42. The molecule has 0 amide bonds. The third kappa shape index (κ3) is 2.16. The lowest BCUT2D eigenvalue weighted by atomic mass is 9.64. The van der Waals surface area contributed by atoms with E-state index in [0.717, 1.165) is 12.2 Å². The number of benzene rings is 1. The third-order valence-electron chi connectivity index (χ3n) is 3.93. The Kier molecular flexibility index (Phi) is 3.13. The van der Waals surface area contributed by atoms with Gasteiger partial charge in [0.1, 0.15) is 17.7 Å². The molecular weight excluding hydrogens is 217 g/mol. The van der Waals surface area contributed by atoms with Gasteiger partial charge >= 0.3 is 0 Å². The van der Waals surface area contributed by atoms with E-state index < -0.39 is 0 Å². The second-order valence-electron chi connectivity index (χ2n) is 5.42. The number of hydrogen-bond acceptors (Lipinski definition) is 2. The number of ether oxygens (including phenoxy) is 1. The van der Waals surface area contributed by atoms with Crippen molar-refractivity contribution in [1.29, 1.82) is 0 Å². The van der Waals surface area contributed by atoms with Crippen LogP contribution in [0.4, 0.5) is 4.39 Å². The van der Waals surface area contributed by atoms with E-state index in [1.165, 1.54) is 6.07 Å². The van der Waals surface area contributed by atoms with Crippen LogP contribution in [0.3, 0.4) is 0 Å². The lowest BCUT2D eigenvalue weighted by molar-refractivity contribution is -0.0521. The summed E-state index contributed by atoms with van der Waals surface area (Å²) in [6, 6.07) is 5.42. The van der Waals surface area contributed by atoms with E-state index in [-0.39, 0.29) is 17.3 Å². The van der Waals surface area contributed by atoms with Crippen molar-refractivity contribution < 1.29 is 9.13 Å². The lowest BCUT2D eigenvalue weighted by Crippen LogP contribution is -2.61. The molecule has 0 aliphatic heterocycles. The molecule has 2 atom stereocenters. The van der Waals surface area contributed by atoms with Crippen molar-refractivity contribution in [3.05, 3.63) is 29.6 Å². The highest BCUT2D eigenvalue weighted by molar-refractivity contribution is 5.29. The van der Waals surface area contributed by atoms with Gasteiger partial charge in [0.25, 0.3) is 0 Å². The summed E-state index contributed by atoms with van der Waals surface area (Å²) in [6.07, 6.45) is 1.20. The molecule has 94 valence electrons. The first kappa shape index (κ1) is 12.4. The second kappa shape index (κ2) is 4.30. The van der Waals surface area contributed by atoms with Crippen molar-refractivity contribution in [1.82, 2.24) is 5.32 Å². The normalized spacial score (nSPS) is 26.4. The molecule has 1 saturated carbocycles. The molecule has 0 bridgehead atoms. The summed E-state index contributed by atoms with van der Waals surface area (Å²) in [5.41, 5.74) is 0.752. The number of rotatable bonds is 3. The first-order chi connectivity index (χ1) is 7.95. The van der Waals surface area contributed by atoms with E-state index in [9.17, 15) is 4.39 Å². The van der Waals surface area contributed by atoms with Crippen LogP contribution in [0.5, 0.6) is 5.75 Å². The largest absolute Gasteiger partial charge is 0.490 e. The van der Waals surface area contributed by atoms with Crippen LogP contribution >= 0.6 is 0 Å². The number of halogens is 1. The Hall–Kier alpha value is -1.09. The number of aryl methyl sites for hydroxylation is 1. The monoisotopic (exact) mass is 237 g/mol. The zero-order chi connectivity index (χ0) is 12.6. The Morgan fingerprint density at radius 3 is 2.65 bits per heavy atom. The van der Waals surface area contributed by atoms with Gasteiger partial charge in [0.05, 0.1) is 0 Å². The quantitative estimate of drug-likeness (QED) is 0.872.